The van der Waals surface area contributed by atoms with Crippen LogP contribution in [0.1, 0.15) is 20.3 Å². The van der Waals surface area contributed by atoms with Crippen LogP contribution in [0.3, 0.4) is 0 Å². The number of sulfonamides is 1. The highest BCUT2D eigenvalue weighted by atomic mass is 32.2. The monoisotopic (exact) mass is 368 g/mol. The van der Waals surface area contributed by atoms with Crippen molar-refractivity contribution in [3.05, 3.63) is 24.5 Å². The van der Waals surface area contributed by atoms with Gasteiger partial charge in [-0.1, -0.05) is 13.8 Å². The molecule has 1 unspecified atom stereocenters. The van der Waals surface area contributed by atoms with E-state index in [1.54, 1.807) is 0 Å². The molecule has 0 spiro atoms. The molecule has 0 radical (unpaired) electrons. The third-order valence-corrected chi connectivity index (χ3v) is 4.87. The molecule has 0 bridgehead atoms. The van der Waals surface area contributed by atoms with Crippen molar-refractivity contribution in [1.29, 1.82) is 0 Å². The van der Waals surface area contributed by atoms with Crippen LogP contribution >= 0.6 is 0 Å². The Balaban J connectivity index is 2.39. The van der Waals surface area contributed by atoms with Crippen LogP contribution in [0.25, 0.3) is 5.69 Å². The van der Waals surface area contributed by atoms with Gasteiger partial charge in [0.2, 0.25) is 15.9 Å². The maximum atomic E-state index is 12.6. The molecule has 2 aromatic rings. The van der Waals surface area contributed by atoms with Gasteiger partial charge in [0.05, 0.1) is 12.0 Å². The van der Waals surface area contributed by atoms with E-state index in [0.717, 1.165) is 0 Å². The Kier molecular flexibility index (Phi) is 5.69. The summed E-state index contributed by atoms with van der Waals surface area (Å²) in [6.07, 6.45) is 1.61. The lowest BCUT2D eigenvalue weighted by atomic mass is 10.0. The second-order valence-electron chi connectivity index (χ2n) is 5.79. The van der Waals surface area contributed by atoms with Crippen LogP contribution in [0.4, 0.5) is 0 Å². The summed E-state index contributed by atoms with van der Waals surface area (Å²) in [6.45, 7) is 3.74. The first-order chi connectivity index (χ1) is 11.7. The molecule has 1 aromatic heterocycles. The van der Waals surface area contributed by atoms with Gasteiger partial charge in [0.15, 0.2) is 0 Å². The van der Waals surface area contributed by atoms with Gasteiger partial charge >= 0.3 is 0 Å². The summed E-state index contributed by atoms with van der Waals surface area (Å²) in [7, 11) is -2.53. The fraction of sp³-hybridized carbons (Fsp3) is 0.429. The van der Waals surface area contributed by atoms with Crippen molar-refractivity contribution >= 4 is 15.9 Å². The van der Waals surface area contributed by atoms with Crippen LogP contribution in [0, 0.1) is 5.92 Å². The molecule has 1 aromatic carbocycles. The van der Waals surface area contributed by atoms with Crippen molar-refractivity contribution in [2.75, 3.05) is 7.11 Å². The topological polar surface area (TPSA) is 142 Å². The Morgan fingerprint density at radius 1 is 1.40 bits per heavy atom. The summed E-state index contributed by atoms with van der Waals surface area (Å²) in [5, 5.41) is 10.8. The summed E-state index contributed by atoms with van der Waals surface area (Å²) in [5.41, 5.74) is 5.65. The summed E-state index contributed by atoms with van der Waals surface area (Å²) in [4.78, 5) is 11.5. The molecular formula is C14H20N6O4S. The third kappa shape index (κ3) is 4.51. The fourth-order valence-electron chi connectivity index (χ4n) is 2.24. The quantitative estimate of drug-likeness (QED) is 0.659. The molecule has 0 fully saturated rings. The Hall–Kier alpha value is -2.53. The molecule has 25 heavy (non-hydrogen) atoms. The van der Waals surface area contributed by atoms with E-state index in [2.05, 4.69) is 20.2 Å². The van der Waals surface area contributed by atoms with E-state index in [1.807, 2.05) is 13.8 Å². The average Bonchev–Trinajstić information content (AvgIpc) is 3.07. The molecule has 10 nitrogen and oxygen atoms in total. The number of nitrogens with zero attached hydrogens (tertiary/aromatic N) is 4. The first kappa shape index (κ1) is 18.8. The zero-order valence-electron chi connectivity index (χ0n) is 14.1. The molecule has 0 aliphatic heterocycles. The van der Waals surface area contributed by atoms with E-state index in [0.29, 0.717) is 17.9 Å². The van der Waals surface area contributed by atoms with Crippen molar-refractivity contribution in [3.8, 4) is 11.4 Å². The Labute approximate surface area is 145 Å². The predicted octanol–water partition coefficient (Wildman–Crippen LogP) is -0.151. The standard InChI is InChI=1S/C14H20N6O4S/c1-9(2)6-11(14(15)21)17-25(22,23)10-4-5-13(24-3)12(7-10)20-8-16-18-19-20/h4-5,7-9,11,17H,6H2,1-3H3,(H2,15,21). The minimum absolute atomic E-state index is 0.0613. The third-order valence-electron chi connectivity index (χ3n) is 3.40. The Morgan fingerprint density at radius 3 is 2.64 bits per heavy atom. The second-order valence-corrected chi connectivity index (χ2v) is 7.51. The smallest absolute Gasteiger partial charge is 0.241 e. The minimum atomic E-state index is -3.98. The highest BCUT2D eigenvalue weighted by Gasteiger charge is 2.25. The minimum Gasteiger partial charge on any atom is -0.494 e. The van der Waals surface area contributed by atoms with Gasteiger partial charge in [-0.15, -0.1) is 5.10 Å². The molecule has 3 N–H and O–H groups in total. The number of carbonyl (C=O) groups excluding carboxylic acids is 1. The highest BCUT2D eigenvalue weighted by molar-refractivity contribution is 7.89. The number of carbonyl (C=O) groups is 1. The van der Waals surface area contributed by atoms with Gasteiger partial charge in [0.25, 0.3) is 0 Å². The molecule has 0 saturated carbocycles. The van der Waals surface area contributed by atoms with Gasteiger partial charge in [-0.25, -0.2) is 8.42 Å². The molecule has 1 amide bonds. The largest absolute Gasteiger partial charge is 0.494 e. The number of amides is 1. The number of rotatable bonds is 8. The van der Waals surface area contributed by atoms with Crippen molar-refractivity contribution in [3.63, 3.8) is 0 Å². The number of benzene rings is 1. The molecule has 11 heteroatoms. The molecule has 0 saturated heterocycles. The van der Waals surface area contributed by atoms with E-state index < -0.39 is 22.0 Å². The van der Waals surface area contributed by atoms with Gasteiger partial charge in [-0.3, -0.25) is 4.79 Å². The van der Waals surface area contributed by atoms with Crippen molar-refractivity contribution in [1.82, 2.24) is 24.9 Å². The molecule has 1 heterocycles. The number of hydrogen-bond acceptors (Lipinski definition) is 7. The van der Waals surface area contributed by atoms with E-state index in [9.17, 15) is 13.2 Å². The first-order valence-electron chi connectivity index (χ1n) is 7.47. The fourth-order valence-corrected chi connectivity index (χ4v) is 3.47. The molecule has 2 rings (SSSR count). The molecule has 136 valence electrons. The van der Waals surface area contributed by atoms with Gasteiger partial charge < -0.3 is 10.5 Å². The predicted molar refractivity (Wildman–Crippen MR) is 88.5 cm³/mol. The SMILES string of the molecule is COc1ccc(S(=O)(=O)NC(CC(C)C)C(N)=O)cc1-n1cnnn1. The van der Waals surface area contributed by atoms with Crippen LogP contribution in [0.2, 0.25) is 0 Å². The number of ether oxygens (including phenoxy) is 1. The number of nitrogens with one attached hydrogen (secondary N) is 1. The molecule has 0 aliphatic carbocycles. The normalized spacial score (nSPS) is 13.0. The van der Waals surface area contributed by atoms with Crippen LogP contribution in [-0.4, -0.2) is 47.7 Å². The molecule has 1 atom stereocenters. The zero-order valence-corrected chi connectivity index (χ0v) is 14.9. The van der Waals surface area contributed by atoms with Crippen molar-refractivity contribution < 1.29 is 17.9 Å². The zero-order chi connectivity index (χ0) is 18.6. The Bertz CT molecular complexity index is 835. The summed E-state index contributed by atoms with van der Waals surface area (Å²) in [6, 6.07) is 3.20. The number of aromatic nitrogens is 4. The van der Waals surface area contributed by atoms with E-state index in [4.69, 9.17) is 10.5 Å². The van der Waals surface area contributed by atoms with Crippen molar-refractivity contribution in [2.45, 2.75) is 31.2 Å². The van der Waals surface area contributed by atoms with Crippen LogP contribution < -0.4 is 15.2 Å². The lowest BCUT2D eigenvalue weighted by Gasteiger charge is -2.18. The maximum absolute atomic E-state index is 12.6. The van der Waals surface area contributed by atoms with Gasteiger partial charge in [0, 0.05) is 0 Å². The molecular weight excluding hydrogens is 348 g/mol. The summed E-state index contributed by atoms with van der Waals surface area (Å²) in [5.74, 6) is -0.251. The number of tetrazole rings is 1. The van der Waals surface area contributed by atoms with Crippen molar-refractivity contribution in [2.24, 2.45) is 11.7 Å². The number of nitrogens with two attached hydrogens (primary N) is 1. The van der Waals surface area contributed by atoms with Gasteiger partial charge in [-0.05, 0) is 41.0 Å². The van der Waals surface area contributed by atoms with E-state index in [-0.39, 0.29) is 10.8 Å². The Morgan fingerprint density at radius 2 is 2.12 bits per heavy atom. The maximum Gasteiger partial charge on any atom is 0.241 e. The number of primary amides is 1. The highest BCUT2D eigenvalue weighted by Crippen LogP contribution is 2.25. The van der Waals surface area contributed by atoms with E-state index in [1.165, 1.54) is 36.3 Å². The average molecular weight is 368 g/mol. The second kappa shape index (κ2) is 7.57. The molecule has 0 aliphatic rings. The van der Waals surface area contributed by atoms with Gasteiger partial charge in [0.1, 0.15) is 23.8 Å². The lowest BCUT2D eigenvalue weighted by molar-refractivity contribution is -0.119. The van der Waals surface area contributed by atoms with Crippen LogP contribution in [0.5, 0.6) is 5.75 Å². The number of hydrogen-bond donors (Lipinski definition) is 2. The summed E-state index contributed by atoms with van der Waals surface area (Å²) < 4.78 is 34.1. The van der Waals surface area contributed by atoms with E-state index >= 15 is 0 Å². The first-order valence-corrected chi connectivity index (χ1v) is 8.96. The van der Waals surface area contributed by atoms with Crippen LogP contribution in [0.15, 0.2) is 29.4 Å². The van der Waals surface area contributed by atoms with Gasteiger partial charge in [-0.2, -0.15) is 9.40 Å². The lowest BCUT2D eigenvalue weighted by Crippen LogP contribution is -2.45. The number of methoxy groups -OCH3 is 1. The van der Waals surface area contributed by atoms with Crippen LogP contribution in [-0.2, 0) is 14.8 Å². The summed E-state index contributed by atoms with van der Waals surface area (Å²) >= 11 is 0.